The first-order chi connectivity index (χ1) is 7.73. The predicted octanol–water partition coefficient (Wildman–Crippen LogP) is 2.22. The lowest BCUT2D eigenvalue weighted by Crippen LogP contribution is -2.50. The molecule has 3 unspecified atom stereocenters. The van der Waals surface area contributed by atoms with Gasteiger partial charge in [0.05, 0.1) is 0 Å². The van der Waals surface area contributed by atoms with Gasteiger partial charge < -0.3 is 5.73 Å². The summed E-state index contributed by atoms with van der Waals surface area (Å²) in [6.45, 7) is 4.46. The Morgan fingerprint density at radius 3 is 2.53 bits per heavy atom. The van der Waals surface area contributed by atoms with Crippen molar-refractivity contribution >= 4 is 5.84 Å². The van der Waals surface area contributed by atoms with Crippen molar-refractivity contribution in [2.75, 3.05) is 13.1 Å². The van der Waals surface area contributed by atoms with Crippen LogP contribution in [0.4, 0.5) is 13.2 Å². The van der Waals surface area contributed by atoms with Crippen LogP contribution in [-0.4, -0.2) is 36.0 Å². The molecule has 0 aromatic heterocycles. The van der Waals surface area contributed by atoms with Gasteiger partial charge in [0.15, 0.2) is 0 Å². The monoisotopic (exact) mass is 251 g/mol. The molecule has 0 saturated carbocycles. The second-order valence-corrected chi connectivity index (χ2v) is 4.90. The minimum atomic E-state index is -4.42. The third-order valence-electron chi connectivity index (χ3n) is 3.69. The standard InChI is InChI=1S/C11H20F3N3/c1-7-4-3-5-17(8(7)2)6-9(10(15)16)11(12,13)14/h7-9H,3-6H2,1-2H3,(H3,15,16). The molecule has 100 valence electrons. The predicted molar refractivity (Wildman–Crippen MR) is 60.9 cm³/mol. The van der Waals surface area contributed by atoms with Crippen molar-refractivity contribution in [2.24, 2.45) is 17.6 Å². The Bertz CT molecular complexity index is 278. The first-order valence-electron chi connectivity index (χ1n) is 5.88. The van der Waals surface area contributed by atoms with Gasteiger partial charge >= 0.3 is 6.18 Å². The Kier molecular flexibility index (Phi) is 4.41. The second-order valence-electron chi connectivity index (χ2n) is 4.90. The van der Waals surface area contributed by atoms with Crippen LogP contribution in [0.2, 0.25) is 0 Å². The third-order valence-corrected chi connectivity index (χ3v) is 3.69. The average Bonchev–Trinajstić information content (AvgIpc) is 2.17. The SMILES string of the molecule is CC1CCCN(CC(C(=N)N)C(F)(F)F)C1C. The fourth-order valence-electron chi connectivity index (χ4n) is 2.29. The van der Waals surface area contributed by atoms with Gasteiger partial charge in [-0.15, -0.1) is 0 Å². The first-order valence-corrected chi connectivity index (χ1v) is 5.88. The highest BCUT2D eigenvalue weighted by atomic mass is 19.4. The highest BCUT2D eigenvalue weighted by Crippen LogP contribution is 2.30. The molecule has 1 rings (SSSR count). The lowest BCUT2D eigenvalue weighted by atomic mass is 9.91. The van der Waals surface area contributed by atoms with E-state index in [1.165, 1.54) is 0 Å². The fourth-order valence-corrected chi connectivity index (χ4v) is 2.29. The Hall–Kier alpha value is -0.780. The minimum Gasteiger partial charge on any atom is -0.387 e. The molecule has 0 amide bonds. The maximum atomic E-state index is 12.7. The largest absolute Gasteiger partial charge is 0.399 e. The van der Waals surface area contributed by atoms with Crippen LogP contribution in [0, 0.1) is 17.2 Å². The van der Waals surface area contributed by atoms with Crippen molar-refractivity contribution in [3.8, 4) is 0 Å². The van der Waals surface area contributed by atoms with Crippen LogP contribution in [0.25, 0.3) is 0 Å². The number of nitrogens with zero attached hydrogens (tertiary/aromatic N) is 1. The summed E-state index contributed by atoms with van der Waals surface area (Å²) >= 11 is 0. The van der Waals surface area contributed by atoms with Crippen LogP contribution in [-0.2, 0) is 0 Å². The summed E-state index contributed by atoms with van der Waals surface area (Å²) in [5.41, 5.74) is 5.06. The normalized spacial score (nSPS) is 29.0. The van der Waals surface area contributed by atoms with Crippen LogP contribution in [0.1, 0.15) is 26.7 Å². The van der Waals surface area contributed by atoms with Gasteiger partial charge in [-0.05, 0) is 32.2 Å². The molecule has 1 aliphatic heterocycles. The molecule has 1 aliphatic rings. The second kappa shape index (κ2) is 5.25. The molecule has 1 fully saturated rings. The Morgan fingerprint density at radius 1 is 1.47 bits per heavy atom. The average molecular weight is 251 g/mol. The molecule has 1 heterocycles. The summed E-state index contributed by atoms with van der Waals surface area (Å²) in [6.07, 6.45) is -2.46. The van der Waals surface area contributed by atoms with E-state index in [9.17, 15) is 13.2 Å². The molecule has 3 nitrogen and oxygen atoms in total. The van der Waals surface area contributed by atoms with Gasteiger partial charge in [-0.1, -0.05) is 6.92 Å². The van der Waals surface area contributed by atoms with E-state index in [1.807, 2.05) is 13.8 Å². The molecule has 0 aromatic rings. The zero-order valence-corrected chi connectivity index (χ0v) is 10.2. The molecule has 0 bridgehead atoms. The van der Waals surface area contributed by atoms with Crippen LogP contribution in [0.3, 0.4) is 0 Å². The summed E-state index contributed by atoms with van der Waals surface area (Å²) < 4.78 is 38.1. The maximum absolute atomic E-state index is 12.7. The Morgan fingerprint density at radius 2 is 2.06 bits per heavy atom. The number of hydrogen-bond donors (Lipinski definition) is 2. The molecule has 0 aromatic carbocycles. The Balaban J connectivity index is 2.70. The molecular weight excluding hydrogens is 231 g/mol. The molecule has 6 heteroatoms. The first kappa shape index (κ1) is 14.3. The fraction of sp³-hybridized carbons (Fsp3) is 0.909. The van der Waals surface area contributed by atoms with Crippen molar-refractivity contribution in [3.63, 3.8) is 0 Å². The number of likely N-dealkylation sites (tertiary alicyclic amines) is 1. The van der Waals surface area contributed by atoms with E-state index >= 15 is 0 Å². The van der Waals surface area contributed by atoms with E-state index < -0.39 is 17.9 Å². The lowest BCUT2D eigenvalue weighted by molar-refractivity contribution is -0.162. The topological polar surface area (TPSA) is 53.1 Å². The van der Waals surface area contributed by atoms with Gasteiger partial charge in [0.1, 0.15) is 11.8 Å². The third kappa shape index (κ3) is 3.59. The van der Waals surface area contributed by atoms with E-state index in [1.54, 1.807) is 4.90 Å². The highest BCUT2D eigenvalue weighted by Gasteiger charge is 2.43. The number of halogens is 3. The zero-order chi connectivity index (χ0) is 13.2. The molecular formula is C11H20F3N3. The minimum absolute atomic E-state index is 0.118. The number of piperidine rings is 1. The van der Waals surface area contributed by atoms with Crippen LogP contribution >= 0.6 is 0 Å². The number of alkyl halides is 3. The number of amidine groups is 1. The lowest BCUT2D eigenvalue weighted by Gasteiger charge is -2.39. The number of rotatable bonds is 3. The van der Waals surface area contributed by atoms with E-state index in [0.29, 0.717) is 12.5 Å². The highest BCUT2D eigenvalue weighted by molar-refractivity contribution is 5.80. The summed E-state index contributed by atoms with van der Waals surface area (Å²) in [4.78, 5) is 1.80. The van der Waals surface area contributed by atoms with E-state index in [-0.39, 0.29) is 12.6 Å². The number of hydrogen-bond acceptors (Lipinski definition) is 2. The van der Waals surface area contributed by atoms with Gasteiger partial charge in [-0.2, -0.15) is 13.2 Å². The number of nitrogens with two attached hydrogens (primary N) is 1. The summed E-state index contributed by atoms with van der Waals surface area (Å²) in [5, 5.41) is 7.07. The molecule has 0 spiro atoms. The van der Waals surface area contributed by atoms with Gasteiger partial charge in [-0.3, -0.25) is 10.3 Å². The molecule has 17 heavy (non-hydrogen) atoms. The van der Waals surface area contributed by atoms with Gasteiger partial charge in [0, 0.05) is 12.6 Å². The van der Waals surface area contributed by atoms with Crippen molar-refractivity contribution in [3.05, 3.63) is 0 Å². The molecule has 1 saturated heterocycles. The van der Waals surface area contributed by atoms with Crippen molar-refractivity contribution in [2.45, 2.75) is 38.9 Å². The number of nitrogens with one attached hydrogen (secondary N) is 1. The summed E-state index contributed by atoms with van der Waals surface area (Å²) in [5.74, 6) is -2.23. The molecule has 0 aliphatic carbocycles. The van der Waals surface area contributed by atoms with Crippen molar-refractivity contribution in [1.82, 2.24) is 4.90 Å². The van der Waals surface area contributed by atoms with Gasteiger partial charge in [0.2, 0.25) is 0 Å². The Labute approximate surface area is 99.7 Å². The maximum Gasteiger partial charge on any atom is 0.399 e. The van der Waals surface area contributed by atoms with Gasteiger partial charge in [-0.25, -0.2) is 0 Å². The van der Waals surface area contributed by atoms with Crippen molar-refractivity contribution in [1.29, 1.82) is 5.41 Å². The molecule has 3 atom stereocenters. The zero-order valence-electron chi connectivity index (χ0n) is 10.2. The van der Waals surface area contributed by atoms with Crippen LogP contribution in [0.5, 0.6) is 0 Å². The van der Waals surface area contributed by atoms with Gasteiger partial charge in [0.25, 0.3) is 0 Å². The van der Waals surface area contributed by atoms with Crippen LogP contribution < -0.4 is 5.73 Å². The van der Waals surface area contributed by atoms with E-state index in [4.69, 9.17) is 11.1 Å². The van der Waals surface area contributed by atoms with Crippen molar-refractivity contribution < 1.29 is 13.2 Å². The van der Waals surface area contributed by atoms with Crippen LogP contribution in [0.15, 0.2) is 0 Å². The molecule has 3 N–H and O–H groups in total. The summed E-state index contributed by atoms with van der Waals surface area (Å²) in [7, 11) is 0. The summed E-state index contributed by atoms with van der Waals surface area (Å²) in [6, 6.07) is 0.118. The van der Waals surface area contributed by atoms with E-state index in [0.717, 1.165) is 12.8 Å². The quantitative estimate of drug-likeness (QED) is 0.597. The smallest absolute Gasteiger partial charge is 0.387 e. The molecule has 0 radical (unpaired) electrons. The van der Waals surface area contributed by atoms with E-state index in [2.05, 4.69) is 0 Å².